The van der Waals surface area contributed by atoms with Crippen LogP contribution in [0, 0.1) is 17.9 Å². The molecule has 0 radical (unpaired) electrons. The third kappa shape index (κ3) is 2.73. The Hall–Kier alpha value is -1.04. The minimum atomic E-state index is -0.0751. The normalized spacial score (nSPS) is 26.9. The molecule has 0 saturated carbocycles. The smallest absolute Gasteiger partial charge is 0.309 e. The fraction of sp³-hybridized carbons (Fsp3) is 0.800. The summed E-state index contributed by atoms with van der Waals surface area (Å²) in [5.41, 5.74) is 0. The van der Waals surface area contributed by atoms with Gasteiger partial charge in [-0.3, -0.25) is 4.79 Å². The summed E-state index contributed by atoms with van der Waals surface area (Å²) in [5.74, 6) is 0.248. The summed E-state index contributed by atoms with van der Waals surface area (Å²) in [6, 6.07) is 2.94. The molecule has 0 fully saturated rings. The van der Waals surface area contributed by atoms with Crippen LogP contribution in [0.2, 0.25) is 0 Å². The van der Waals surface area contributed by atoms with Crippen LogP contribution >= 0.6 is 0 Å². The largest absolute Gasteiger partial charge is 0.466 e. The molecule has 0 amide bonds. The van der Waals surface area contributed by atoms with E-state index in [2.05, 4.69) is 17.8 Å². The van der Waals surface area contributed by atoms with Gasteiger partial charge in [-0.25, -0.2) is 0 Å². The van der Waals surface area contributed by atoms with Crippen molar-refractivity contribution in [3.63, 3.8) is 0 Å². The average molecular weight is 182 g/mol. The van der Waals surface area contributed by atoms with Crippen molar-refractivity contribution in [3.05, 3.63) is 4.85 Å². The first-order chi connectivity index (χ1) is 6.25. The molecule has 3 heteroatoms. The molecule has 13 heavy (non-hydrogen) atoms. The van der Waals surface area contributed by atoms with Gasteiger partial charge in [-0.2, -0.15) is 0 Å². The third-order valence-electron chi connectivity index (χ3n) is 2.35. The second kappa shape index (κ2) is 4.86. The first-order valence-electron chi connectivity index (χ1n) is 4.81. The molecule has 1 heterocycles. The average Bonchev–Trinajstić information content (AvgIpc) is 2.30. The van der Waals surface area contributed by atoms with Crippen LogP contribution in [0.1, 0.15) is 26.7 Å². The second-order valence-electron chi connectivity index (χ2n) is 3.37. The molecule has 2 atom stereocenters. The predicted octanol–water partition coefficient (Wildman–Crippen LogP) is 1.93. The number of hydrogen-bond acceptors (Lipinski definition) is 2. The van der Waals surface area contributed by atoms with Crippen LogP contribution in [-0.2, 0) is 9.53 Å². The quantitative estimate of drug-likeness (QED) is 0.611. The van der Waals surface area contributed by atoms with Gasteiger partial charge in [0.05, 0.1) is 18.9 Å². The highest BCUT2D eigenvalue weighted by molar-refractivity contribution is 5.72. The Kier molecular flexibility index (Phi) is 3.75. The van der Waals surface area contributed by atoms with Crippen LogP contribution in [0.15, 0.2) is 0 Å². The Bertz CT molecular complexity index is 239. The van der Waals surface area contributed by atoms with E-state index < -0.39 is 0 Å². The van der Waals surface area contributed by atoms with E-state index in [1.165, 1.54) is 0 Å². The van der Waals surface area contributed by atoms with Crippen LogP contribution in [0.4, 0.5) is 0 Å². The van der Waals surface area contributed by atoms with Gasteiger partial charge < -0.3 is 4.74 Å². The van der Waals surface area contributed by atoms with Crippen molar-refractivity contribution in [2.24, 2.45) is 11.8 Å². The van der Waals surface area contributed by atoms with Gasteiger partial charge in [0.1, 0.15) is 0 Å². The first-order valence-corrected chi connectivity index (χ1v) is 4.81. The number of esters is 1. The van der Waals surface area contributed by atoms with Gasteiger partial charge >= 0.3 is 5.97 Å². The molecule has 0 spiro atoms. The highest BCUT2D eigenvalue weighted by Gasteiger charge is 2.29. The number of ether oxygens (including phenoxy) is 1. The van der Waals surface area contributed by atoms with Gasteiger partial charge in [-0.1, -0.05) is 11.8 Å². The first kappa shape index (κ1) is 10.0. The van der Waals surface area contributed by atoms with Crippen molar-refractivity contribution in [1.82, 2.24) is 0 Å². The van der Waals surface area contributed by atoms with E-state index in [4.69, 9.17) is 4.74 Å². The summed E-state index contributed by atoms with van der Waals surface area (Å²) in [5, 5.41) is 0. The molecule has 0 aromatic heterocycles. The number of carbonyl (C=O) groups excluding carboxylic acids is 1. The van der Waals surface area contributed by atoms with Crippen LogP contribution in [-0.4, -0.2) is 19.1 Å². The number of hydrogen-bond donors (Lipinski definition) is 0. The Labute approximate surface area is 78.9 Å². The van der Waals surface area contributed by atoms with Gasteiger partial charge in [0.2, 0.25) is 0 Å². The van der Waals surface area contributed by atoms with Crippen molar-refractivity contribution in [3.8, 4) is 6.07 Å². The maximum atomic E-state index is 11.5. The van der Waals surface area contributed by atoms with Gasteiger partial charge in [-0.15, -0.1) is 0 Å². The molecule has 0 N–H and O–H groups in total. The lowest BCUT2D eigenvalue weighted by molar-refractivity contribution is -0.149. The summed E-state index contributed by atoms with van der Waals surface area (Å²) < 4.78 is 5.00. The molecule has 0 saturated heterocycles. The summed E-state index contributed by atoms with van der Waals surface area (Å²) in [6.07, 6.45) is 1.57. The van der Waals surface area contributed by atoms with Gasteiger partial charge in [0.25, 0.3) is 12.6 Å². The molecule has 0 aromatic carbocycles. The molecule has 0 aliphatic carbocycles. The number of rotatable bonds is 2. The molecular weight excluding hydrogens is 166 g/mol. The molecule has 1 rings (SSSR count). The summed E-state index contributed by atoms with van der Waals surface area (Å²) in [6.45, 7) is 5.05. The number of carbonyl (C=O) groups is 1. The molecule has 0 bridgehead atoms. The van der Waals surface area contributed by atoms with E-state index in [0.717, 1.165) is 12.8 Å². The molecular formula is C10H16NO2+. The highest BCUT2D eigenvalue weighted by atomic mass is 16.5. The monoisotopic (exact) mass is 182 g/mol. The van der Waals surface area contributed by atoms with Crippen LogP contribution < -0.4 is 0 Å². The molecule has 0 unspecified atom stereocenters. The predicted molar refractivity (Wildman–Crippen MR) is 50.6 cm³/mol. The van der Waals surface area contributed by atoms with E-state index in [9.17, 15) is 4.79 Å². The fourth-order valence-electron chi connectivity index (χ4n) is 1.52. The lowest BCUT2D eigenvalue weighted by atomic mass is 9.90. The Morgan fingerprint density at radius 3 is 3.15 bits per heavy atom. The molecule has 1 aliphatic rings. The summed E-state index contributed by atoms with van der Waals surface area (Å²) in [7, 11) is 0. The van der Waals surface area contributed by atoms with E-state index >= 15 is 0 Å². The van der Waals surface area contributed by atoms with Gasteiger partial charge in [0.15, 0.2) is 0 Å². The van der Waals surface area contributed by atoms with Crippen LogP contribution in [0.5, 0.6) is 0 Å². The van der Waals surface area contributed by atoms with E-state index in [0.29, 0.717) is 19.1 Å². The third-order valence-corrected chi connectivity index (χ3v) is 2.35. The van der Waals surface area contributed by atoms with Crippen molar-refractivity contribution >= 4 is 5.97 Å². The summed E-state index contributed by atoms with van der Waals surface area (Å²) >= 11 is 0. The molecule has 1 aliphatic heterocycles. The maximum Gasteiger partial charge on any atom is 0.309 e. The van der Waals surface area contributed by atoms with Crippen molar-refractivity contribution in [2.45, 2.75) is 26.7 Å². The van der Waals surface area contributed by atoms with Crippen molar-refractivity contribution < 1.29 is 9.53 Å². The zero-order valence-electron chi connectivity index (χ0n) is 8.25. The van der Waals surface area contributed by atoms with E-state index in [1.807, 2.05) is 6.92 Å². The van der Waals surface area contributed by atoms with Crippen molar-refractivity contribution in [2.75, 3.05) is 13.2 Å². The van der Waals surface area contributed by atoms with E-state index in [1.54, 1.807) is 0 Å². The Balaban J connectivity index is 2.53. The lowest BCUT2D eigenvalue weighted by Crippen LogP contribution is -2.24. The highest BCUT2D eigenvalue weighted by Crippen LogP contribution is 2.22. The fourth-order valence-corrected chi connectivity index (χ4v) is 1.52. The van der Waals surface area contributed by atoms with Crippen molar-refractivity contribution in [1.29, 1.82) is 0 Å². The zero-order valence-corrected chi connectivity index (χ0v) is 8.25. The van der Waals surface area contributed by atoms with E-state index in [-0.39, 0.29) is 11.9 Å². The van der Waals surface area contributed by atoms with Gasteiger partial charge in [-0.05, 0) is 12.8 Å². The maximum absolute atomic E-state index is 11.5. The zero-order chi connectivity index (χ0) is 9.68. The topological polar surface area (TPSA) is 30.7 Å². The Morgan fingerprint density at radius 1 is 1.69 bits per heavy atom. The minimum absolute atomic E-state index is 0.0127. The lowest BCUT2D eigenvalue weighted by Gasteiger charge is -2.16. The van der Waals surface area contributed by atoms with Gasteiger partial charge in [0, 0.05) is 6.42 Å². The Morgan fingerprint density at radius 2 is 2.46 bits per heavy atom. The van der Waals surface area contributed by atoms with Crippen LogP contribution in [0.3, 0.4) is 0 Å². The molecule has 0 aromatic rings. The van der Waals surface area contributed by atoms with Crippen LogP contribution in [0.25, 0.3) is 4.85 Å². The molecule has 3 nitrogen and oxygen atoms in total. The second-order valence-corrected chi connectivity index (χ2v) is 3.37. The molecule has 72 valence electrons. The number of nitrogens with zero attached hydrogens (tertiary/aromatic N) is 1. The summed E-state index contributed by atoms with van der Waals surface area (Å²) in [4.78, 5) is 15.5. The minimum Gasteiger partial charge on any atom is -0.466 e. The standard InChI is InChI=1S/C10H16NO2/c1-3-13-10(12)9-5-7-11-6-4-8(9)2/h8-9H,3-5,7H2,1-2H3/q+1/t8-,9+/m1/s1. The SMILES string of the molecule is CCOC(=O)[C@H]1CC[N+]#CC[C@H]1C.